The molecule has 1 nitrogen and oxygen atoms in total. The maximum absolute atomic E-state index is 5.34. The van der Waals surface area contributed by atoms with Crippen molar-refractivity contribution < 1.29 is 4.74 Å². The van der Waals surface area contributed by atoms with Crippen LogP contribution in [0, 0.1) is 11.3 Å². The van der Waals surface area contributed by atoms with E-state index in [1.807, 2.05) is 0 Å². The van der Waals surface area contributed by atoms with Crippen LogP contribution in [0.1, 0.15) is 19.8 Å². The standard InChI is InChI=1S/C10H17BrO/c1-3-10(2,8-11)6-9-4-5-12-7-9/h3,9H,1,4-8H2,2H3. The first-order valence-electron chi connectivity index (χ1n) is 4.47. The lowest BCUT2D eigenvalue weighted by atomic mass is 9.82. The summed E-state index contributed by atoms with van der Waals surface area (Å²) in [5.74, 6) is 0.741. The lowest BCUT2D eigenvalue weighted by molar-refractivity contribution is 0.177. The highest BCUT2D eigenvalue weighted by Gasteiger charge is 2.26. The van der Waals surface area contributed by atoms with Gasteiger partial charge in [-0.15, -0.1) is 6.58 Å². The molecule has 1 fully saturated rings. The van der Waals surface area contributed by atoms with Crippen LogP contribution in [-0.2, 0) is 4.74 Å². The van der Waals surface area contributed by atoms with Gasteiger partial charge in [-0.3, -0.25) is 0 Å². The molecule has 0 N–H and O–H groups in total. The van der Waals surface area contributed by atoms with E-state index in [0.29, 0.717) is 0 Å². The lowest BCUT2D eigenvalue weighted by Crippen LogP contribution is -2.19. The van der Waals surface area contributed by atoms with Gasteiger partial charge in [0.15, 0.2) is 0 Å². The summed E-state index contributed by atoms with van der Waals surface area (Å²) < 4.78 is 5.34. The Morgan fingerprint density at radius 1 is 1.75 bits per heavy atom. The molecule has 0 radical (unpaired) electrons. The Morgan fingerprint density at radius 3 is 2.92 bits per heavy atom. The van der Waals surface area contributed by atoms with Crippen LogP contribution in [0.25, 0.3) is 0 Å². The molecule has 1 heterocycles. The molecule has 0 aliphatic carbocycles. The molecule has 1 saturated heterocycles. The fraction of sp³-hybridized carbons (Fsp3) is 0.800. The number of hydrogen-bond acceptors (Lipinski definition) is 1. The molecule has 1 aliphatic rings. The summed E-state index contributed by atoms with van der Waals surface area (Å²) in [5, 5.41) is 1.00. The van der Waals surface area contributed by atoms with Crippen molar-refractivity contribution in [3.05, 3.63) is 12.7 Å². The maximum Gasteiger partial charge on any atom is 0.0495 e. The minimum absolute atomic E-state index is 0.248. The molecule has 2 heteroatoms. The molecule has 12 heavy (non-hydrogen) atoms. The summed E-state index contributed by atoms with van der Waals surface area (Å²) in [6.07, 6.45) is 4.47. The first kappa shape index (κ1) is 10.3. The second-order valence-electron chi connectivity index (χ2n) is 3.93. The SMILES string of the molecule is C=CC(C)(CBr)CC1CCOC1. The predicted octanol–water partition coefficient (Wildman–Crippen LogP) is 3.00. The largest absolute Gasteiger partial charge is 0.381 e. The second kappa shape index (κ2) is 4.43. The van der Waals surface area contributed by atoms with E-state index in [1.54, 1.807) is 0 Å². The fourth-order valence-corrected chi connectivity index (χ4v) is 2.05. The van der Waals surface area contributed by atoms with Gasteiger partial charge in [-0.1, -0.05) is 28.9 Å². The van der Waals surface area contributed by atoms with E-state index in [0.717, 1.165) is 24.5 Å². The van der Waals surface area contributed by atoms with Crippen LogP contribution < -0.4 is 0 Å². The fourth-order valence-electron chi connectivity index (χ4n) is 1.60. The predicted molar refractivity (Wildman–Crippen MR) is 55.6 cm³/mol. The third-order valence-electron chi connectivity index (χ3n) is 2.58. The molecule has 0 amide bonds. The lowest BCUT2D eigenvalue weighted by Gasteiger charge is -2.25. The molecule has 1 aliphatic heterocycles. The van der Waals surface area contributed by atoms with Gasteiger partial charge in [0.05, 0.1) is 0 Å². The first-order chi connectivity index (χ1) is 5.70. The third kappa shape index (κ3) is 2.60. The van der Waals surface area contributed by atoms with Gasteiger partial charge < -0.3 is 4.74 Å². The summed E-state index contributed by atoms with van der Waals surface area (Å²) in [6, 6.07) is 0. The van der Waals surface area contributed by atoms with E-state index in [-0.39, 0.29) is 5.41 Å². The van der Waals surface area contributed by atoms with Crippen LogP contribution >= 0.6 is 15.9 Å². The van der Waals surface area contributed by atoms with Crippen LogP contribution in [0.15, 0.2) is 12.7 Å². The number of halogens is 1. The van der Waals surface area contributed by atoms with Gasteiger partial charge >= 0.3 is 0 Å². The summed E-state index contributed by atoms with van der Waals surface area (Å²) in [6.45, 7) is 8.00. The quantitative estimate of drug-likeness (QED) is 0.535. The van der Waals surface area contributed by atoms with Gasteiger partial charge in [0.25, 0.3) is 0 Å². The maximum atomic E-state index is 5.34. The van der Waals surface area contributed by atoms with E-state index in [4.69, 9.17) is 4.74 Å². The summed E-state index contributed by atoms with van der Waals surface area (Å²) in [7, 11) is 0. The van der Waals surface area contributed by atoms with E-state index in [2.05, 4.69) is 35.5 Å². The Morgan fingerprint density at radius 2 is 2.50 bits per heavy atom. The van der Waals surface area contributed by atoms with Gasteiger partial charge in [0.1, 0.15) is 0 Å². The van der Waals surface area contributed by atoms with Gasteiger partial charge in [0, 0.05) is 18.5 Å². The Kier molecular flexibility index (Phi) is 3.78. The molecule has 0 aromatic heterocycles. The second-order valence-corrected chi connectivity index (χ2v) is 4.49. The highest BCUT2D eigenvalue weighted by Crippen LogP contribution is 2.32. The number of hydrogen-bond donors (Lipinski definition) is 0. The van der Waals surface area contributed by atoms with Gasteiger partial charge in [-0.25, -0.2) is 0 Å². The van der Waals surface area contributed by atoms with Crippen LogP contribution in [0.4, 0.5) is 0 Å². The monoisotopic (exact) mass is 232 g/mol. The molecule has 1 rings (SSSR count). The third-order valence-corrected chi connectivity index (χ3v) is 3.86. The Balaban J connectivity index is 2.40. The minimum Gasteiger partial charge on any atom is -0.381 e. The highest BCUT2D eigenvalue weighted by atomic mass is 79.9. The van der Waals surface area contributed by atoms with Crippen LogP contribution in [0.3, 0.4) is 0 Å². The molecule has 70 valence electrons. The minimum atomic E-state index is 0.248. The number of allylic oxidation sites excluding steroid dienone is 1. The molecule has 0 aromatic carbocycles. The Bertz CT molecular complexity index is 152. The van der Waals surface area contributed by atoms with Crippen molar-refractivity contribution in [3.8, 4) is 0 Å². The average Bonchev–Trinajstić information content (AvgIpc) is 2.57. The van der Waals surface area contributed by atoms with E-state index in [9.17, 15) is 0 Å². The normalized spacial score (nSPS) is 28.3. The molecular weight excluding hydrogens is 216 g/mol. The molecule has 0 saturated carbocycles. The molecule has 2 atom stereocenters. The molecule has 0 spiro atoms. The number of rotatable bonds is 4. The van der Waals surface area contributed by atoms with Crippen LogP contribution in [-0.4, -0.2) is 18.5 Å². The first-order valence-corrected chi connectivity index (χ1v) is 5.59. The smallest absolute Gasteiger partial charge is 0.0495 e. The summed E-state index contributed by atoms with van der Waals surface area (Å²) in [5.41, 5.74) is 0.248. The van der Waals surface area contributed by atoms with Crippen molar-refractivity contribution in [2.45, 2.75) is 19.8 Å². The molecular formula is C10H17BrO. The number of ether oxygens (including phenoxy) is 1. The zero-order chi connectivity index (χ0) is 9.03. The molecule has 2 unspecified atom stereocenters. The van der Waals surface area contributed by atoms with Crippen LogP contribution in [0.5, 0.6) is 0 Å². The Labute approximate surface area is 83.3 Å². The highest BCUT2D eigenvalue weighted by molar-refractivity contribution is 9.09. The number of alkyl halides is 1. The molecule has 0 bridgehead atoms. The average molecular weight is 233 g/mol. The van der Waals surface area contributed by atoms with Gasteiger partial charge in [0.2, 0.25) is 0 Å². The van der Waals surface area contributed by atoms with Crippen molar-refractivity contribution in [2.24, 2.45) is 11.3 Å². The summed E-state index contributed by atoms with van der Waals surface area (Å²) >= 11 is 3.53. The van der Waals surface area contributed by atoms with Crippen molar-refractivity contribution >= 4 is 15.9 Å². The Hall–Kier alpha value is 0.180. The van der Waals surface area contributed by atoms with E-state index < -0.39 is 0 Å². The topological polar surface area (TPSA) is 9.23 Å². The van der Waals surface area contributed by atoms with Crippen molar-refractivity contribution in [1.29, 1.82) is 0 Å². The van der Waals surface area contributed by atoms with Gasteiger partial charge in [-0.2, -0.15) is 0 Å². The van der Waals surface area contributed by atoms with Crippen molar-refractivity contribution in [3.63, 3.8) is 0 Å². The zero-order valence-corrected chi connectivity index (χ0v) is 9.27. The van der Waals surface area contributed by atoms with E-state index >= 15 is 0 Å². The van der Waals surface area contributed by atoms with E-state index in [1.165, 1.54) is 12.8 Å². The van der Waals surface area contributed by atoms with Crippen molar-refractivity contribution in [1.82, 2.24) is 0 Å². The van der Waals surface area contributed by atoms with Crippen LogP contribution in [0.2, 0.25) is 0 Å². The van der Waals surface area contributed by atoms with Gasteiger partial charge in [-0.05, 0) is 24.2 Å². The van der Waals surface area contributed by atoms with Crippen molar-refractivity contribution in [2.75, 3.05) is 18.5 Å². The summed E-state index contributed by atoms with van der Waals surface area (Å²) in [4.78, 5) is 0. The molecule has 0 aromatic rings. The zero-order valence-electron chi connectivity index (χ0n) is 7.68.